The molecule has 0 bridgehead atoms. The van der Waals surface area contributed by atoms with Gasteiger partial charge in [-0.1, -0.05) is 47.5 Å². The Kier molecular flexibility index (Phi) is 3.00. The van der Waals surface area contributed by atoms with Crippen LogP contribution in [0.25, 0.3) is 0 Å². The number of rotatable bonds is 1. The summed E-state index contributed by atoms with van der Waals surface area (Å²) in [5.74, 6) is -1.54. The maximum absolute atomic E-state index is 12.4. The van der Waals surface area contributed by atoms with E-state index < -0.39 is 17.9 Å². The number of allylic oxidation sites excluding steroid dienone is 1. The molecular formula is C14H6Cl2O4. The number of fused-ring (bicyclic) bond motifs is 1. The van der Waals surface area contributed by atoms with Gasteiger partial charge in [0.25, 0.3) is 0 Å². The van der Waals surface area contributed by atoms with E-state index in [9.17, 15) is 14.4 Å². The molecule has 1 aliphatic carbocycles. The van der Waals surface area contributed by atoms with Crippen molar-refractivity contribution in [3.05, 3.63) is 57.1 Å². The molecular weight excluding hydrogens is 303 g/mol. The molecule has 4 nitrogen and oxygen atoms in total. The van der Waals surface area contributed by atoms with Crippen LogP contribution in [0.5, 0.6) is 0 Å². The lowest BCUT2D eigenvalue weighted by molar-refractivity contribution is -0.137. The summed E-state index contributed by atoms with van der Waals surface area (Å²) < 4.78 is 4.94. The van der Waals surface area contributed by atoms with Gasteiger partial charge in [-0.15, -0.1) is 0 Å². The molecule has 1 heterocycles. The van der Waals surface area contributed by atoms with Crippen molar-refractivity contribution in [2.45, 2.75) is 6.10 Å². The van der Waals surface area contributed by atoms with Gasteiger partial charge in [0.2, 0.25) is 0 Å². The molecule has 0 N–H and O–H groups in total. The van der Waals surface area contributed by atoms with Crippen LogP contribution in [0.15, 0.2) is 46.0 Å². The molecule has 0 saturated heterocycles. The van der Waals surface area contributed by atoms with E-state index in [0.717, 1.165) is 6.08 Å². The van der Waals surface area contributed by atoms with Crippen LogP contribution in [0.2, 0.25) is 0 Å². The first kappa shape index (κ1) is 13.1. The number of hydrogen-bond acceptors (Lipinski definition) is 4. The summed E-state index contributed by atoms with van der Waals surface area (Å²) >= 11 is 11.6. The summed E-state index contributed by atoms with van der Waals surface area (Å²) in [6.07, 6.45) is 0.0296. The van der Waals surface area contributed by atoms with Gasteiger partial charge in [-0.3, -0.25) is 9.59 Å². The molecule has 3 rings (SSSR count). The Hall–Kier alpha value is -1.91. The molecule has 1 aromatic carbocycles. The topological polar surface area (TPSA) is 60.4 Å². The first-order chi connectivity index (χ1) is 9.50. The van der Waals surface area contributed by atoms with Crippen LogP contribution in [-0.2, 0) is 9.53 Å². The molecule has 100 valence electrons. The number of hydrogen-bond donors (Lipinski definition) is 0. The highest BCUT2D eigenvalue weighted by molar-refractivity contribution is 6.49. The van der Waals surface area contributed by atoms with Crippen LogP contribution in [0.4, 0.5) is 0 Å². The zero-order chi connectivity index (χ0) is 14.4. The number of ether oxygens (including phenoxy) is 1. The Morgan fingerprint density at radius 3 is 2.25 bits per heavy atom. The molecule has 0 amide bonds. The summed E-state index contributed by atoms with van der Waals surface area (Å²) in [5, 5.41) is -0.347. The minimum absolute atomic E-state index is 0.0164. The van der Waals surface area contributed by atoms with Crippen LogP contribution in [0.1, 0.15) is 20.7 Å². The van der Waals surface area contributed by atoms with E-state index in [2.05, 4.69) is 0 Å². The van der Waals surface area contributed by atoms with Crippen molar-refractivity contribution in [2.24, 2.45) is 0 Å². The van der Waals surface area contributed by atoms with Crippen molar-refractivity contribution in [1.82, 2.24) is 0 Å². The van der Waals surface area contributed by atoms with Crippen LogP contribution in [0.3, 0.4) is 0 Å². The normalized spacial score (nSPS) is 21.8. The van der Waals surface area contributed by atoms with E-state index in [1.54, 1.807) is 24.3 Å². The van der Waals surface area contributed by atoms with Gasteiger partial charge < -0.3 is 4.74 Å². The van der Waals surface area contributed by atoms with Crippen molar-refractivity contribution in [3.63, 3.8) is 0 Å². The lowest BCUT2D eigenvalue weighted by Gasteiger charge is -2.19. The predicted octanol–water partition coefficient (Wildman–Crippen LogP) is 2.61. The van der Waals surface area contributed by atoms with E-state index in [-0.39, 0.29) is 27.0 Å². The first-order valence-corrected chi connectivity index (χ1v) is 6.42. The zero-order valence-electron chi connectivity index (χ0n) is 9.85. The van der Waals surface area contributed by atoms with Crippen LogP contribution in [-0.4, -0.2) is 23.6 Å². The minimum atomic E-state index is -1.11. The summed E-state index contributed by atoms with van der Waals surface area (Å²) in [7, 11) is 0. The van der Waals surface area contributed by atoms with Gasteiger partial charge in [0.1, 0.15) is 5.03 Å². The van der Waals surface area contributed by atoms with E-state index in [4.69, 9.17) is 27.9 Å². The predicted molar refractivity (Wildman–Crippen MR) is 71.8 cm³/mol. The quantitative estimate of drug-likeness (QED) is 0.748. The number of carbonyl (C=O) groups is 3. The Morgan fingerprint density at radius 2 is 1.65 bits per heavy atom. The second-order valence-corrected chi connectivity index (χ2v) is 5.07. The summed E-state index contributed by atoms with van der Waals surface area (Å²) in [6.45, 7) is 0. The third kappa shape index (κ3) is 1.80. The van der Waals surface area contributed by atoms with Gasteiger partial charge in [-0.2, -0.15) is 0 Å². The van der Waals surface area contributed by atoms with Gasteiger partial charge in [0.05, 0.1) is 5.03 Å². The smallest absolute Gasteiger partial charge is 0.352 e. The zero-order valence-corrected chi connectivity index (χ0v) is 11.4. The highest BCUT2D eigenvalue weighted by Crippen LogP contribution is 2.35. The van der Waals surface area contributed by atoms with Crippen molar-refractivity contribution in [3.8, 4) is 0 Å². The number of cyclic esters (lactones) is 1. The van der Waals surface area contributed by atoms with Gasteiger partial charge in [-0.25, -0.2) is 4.79 Å². The number of esters is 1. The van der Waals surface area contributed by atoms with E-state index in [0.29, 0.717) is 5.56 Å². The van der Waals surface area contributed by atoms with Gasteiger partial charge in [-0.05, 0) is 6.08 Å². The van der Waals surface area contributed by atoms with Crippen molar-refractivity contribution < 1.29 is 19.1 Å². The first-order valence-electron chi connectivity index (χ1n) is 5.66. The maximum atomic E-state index is 12.4. The summed E-state index contributed by atoms with van der Waals surface area (Å²) in [6, 6.07) is 6.42. The second-order valence-electron chi connectivity index (χ2n) is 4.29. The third-order valence-electron chi connectivity index (χ3n) is 3.11. The molecule has 0 aromatic heterocycles. The molecule has 20 heavy (non-hydrogen) atoms. The number of ketones is 2. The summed E-state index contributed by atoms with van der Waals surface area (Å²) in [5.41, 5.74) is 0.595. The molecule has 6 heteroatoms. The minimum Gasteiger partial charge on any atom is -0.447 e. The fourth-order valence-electron chi connectivity index (χ4n) is 2.15. The van der Waals surface area contributed by atoms with Gasteiger partial charge in [0, 0.05) is 16.7 Å². The fourth-order valence-corrected chi connectivity index (χ4v) is 2.54. The Morgan fingerprint density at radius 1 is 1.00 bits per heavy atom. The molecule has 1 aromatic rings. The van der Waals surface area contributed by atoms with E-state index >= 15 is 0 Å². The van der Waals surface area contributed by atoms with E-state index in [1.165, 1.54) is 0 Å². The second kappa shape index (κ2) is 4.58. The highest BCUT2D eigenvalue weighted by atomic mass is 35.5. The lowest BCUT2D eigenvalue weighted by atomic mass is 9.87. The average molecular weight is 309 g/mol. The molecule has 0 radical (unpaired) electrons. The molecule has 1 aliphatic heterocycles. The number of halogens is 2. The Bertz CT molecular complexity index is 730. The third-order valence-corrected chi connectivity index (χ3v) is 3.95. The fraction of sp³-hybridized carbons (Fsp3) is 0.0714. The SMILES string of the molecule is O=C1O[C@@H](C2=CC(=O)c3ccccc3C2=O)C(Cl)=C1Cl. The van der Waals surface area contributed by atoms with E-state index in [1.807, 2.05) is 0 Å². The molecule has 0 saturated carbocycles. The molecule has 0 unspecified atom stereocenters. The average Bonchev–Trinajstić information content (AvgIpc) is 2.70. The van der Waals surface area contributed by atoms with Gasteiger partial charge in [0.15, 0.2) is 17.7 Å². The highest BCUT2D eigenvalue weighted by Gasteiger charge is 2.40. The number of benzene rings is 1. The van der Waals surface area contributed by atoms with Crippen LogP contribution >= 0.6 is 23.2 Å². The van der Waals surface area contributed by atoms with Gasteiger partial charge >= 0.3 is 5.97 Å². The van der Waals surface area contributed by atoms with Crippen molar-refractivity contribution >= 4 is 40.7 Å². The Balaban J connectivity index is 2.08. The lowest BCUT2D eigenvalue weighted by Crippen LogP contribution is -2.26. The van der Waals surface area contributed by atoms with Crippen molar-refractivity contribution in [2.75, 3.05) is 0 Å². The molecule has 2 aliphatic rings. The number of Topliss-reactive ketones (excluding diaryl/α,β-unsaturated/α-hetero) is 1. The summed E-state index contributed by atoms with van der Waals surface area (Å²) in [4.78, 5) is 35.7. The Labute approximate surface area is 123 Å². The van der Waals surface area contributed by atoms with Crippen LogP contribution in [0, 0.1) is 0 Å². The largest absolute Gasteiger partial charge is 0.447 e. The monoisotopic (exact) mass is 308 g/mol. The molecule has 1 atom stereocenters. The standard InChI is InChI=1S/C14H6Cl2O4/c15-10-11(16)14(19)20-13(10)8-5-9(17)6-3-1-2-4-7(6)12(8)18/h1-5,13H/t13-/m0/s1. The van der Waals surface area contributed by atoms with Crippen LogP contribution < -0.4 is 0 Å². The molecule has 0 spiro atoms. The number of carbonyl (C=O) groups excluding carboxylic acids is 3. The molecule has 0 fully saturated rings. The van der Waals surface area contributed by atoms with Crippen molar-refractivity contribution in [1.29, 1.82) is 0 Å². The maximum Gasteiger partial charge on any atom is 0.352 e.